The highest BCUT2D eigenvalue weighted by Gasteiger charge is 2.31. The molecule has 2 rings (SSSR count). The third kappa shape index (κ3) is 2.65. The number of alkyl halides is 2. The maximum atomic E-state index is 13.0. The Labute approximate surface area is 100 Å². The van der Waals surface area contributed by atoms with Crippen molar-refractivity contribution in [2.24, 2.45) is 5.92 Å². The summed E-state index contributed by atoms with van der Waals surface area (Å²) in [6, 6.07) is 1.16. The van der Waals surface area contributed by atoms with Gasteiger partial charge in [-0.05, 0) is 25.5 Å². The summed E-state index contributed by atoms with van der Waals surface area (Å²) in [6.45, 7) is 5.28. The number of rotatable bonds is 3. The molecule has 0 amide bonds. The van der Waals surface area contributed by atoms with E-state index in [1.54, 1.807) is 0 Å². The zero-order valence-electron chi connectivity index (χ0n) is 10.5. The summed E-state index contributed by atoms with van der Waals surface area (Å²) >= 11 is 0. The van der Waals surface area contributed by atoms with Crippen LogP contribution in [0.5, 0.6) is 0 Å². The molecule has 1 aliphatic rings. The monoisotopic (exact) mass is 243 g/mol. The van der Waals surface area contributed by atoms with Gasteiger partial charge in [-0.15, -0.1) is 0 Å². The molecule has 1 unspecified atom stereocenters. The summed E-state index contributed by atoms with van der Waals surface area (Å²) in [4.78, 5) is 1.92. The summed E-state index contributed by atoms with van der Waals surface area (Å²) in [5.41, 5.74) is 1.83. The third-order valence-electron chi connectivity index (χ3n) is 3.02. The van der Waals surface area contributed by atoms with Crippen LogP contribution in [0.1, 0.15) is 31.3 Å². The molecule has 0 fully saturated rings. The van der Waals surface area contributed by atoms with Crippen molar-refractivity contribution in [1.29, 1.82) is 0 Å². The largest absolute Gasteiger partial charge is 0.298 e. The van der Waals surface area contributed by atoms with Crippen LogP contribution < -0.4 is 0 Å². The van der Waals surface area contributed by atoms with Crippen LogP contribution in [0, 0.1) is 5.92 Å². The fraction of sp³-hybridized carbons (Fsp3) is 0.750. The zero-order valence-corrected chi connectivity index (χ0v) is 10.5. The van der Waals surface area contributed by atoms with Crippen molar-refractivity contribution < 1.29 is 8.78 Å². The Morgan fingerprint density at radius 3 is 2.76 bits per heavy atom. The number of halogens is 2. The maximum absolute atomic E-state index is 13.0. The second-order valence-electron chi connectivity index (χ2n) is 5.27. The number of nitrogens with zero attached hydrogens (tertiary/aromatic N) is 3. The zero-order chi connectivity index (χ0) is 12.6. The number of likely N-dealkylation sites (N-methyl/N-ethyl adjacent to an activating group) is 1. The first-order valence-electron chi connectivity index (χ1n) is 6.01. The first-order chi connectivity index (χ1) is 7.97. The molecule has 1 aromatic heterocycles. The summed E-state index contributed by atoms with van der Waals surface area (Å²) in [7, 11) is 1.87. The molecule has 3 nitrogen and oxygen atoms in total. The van der Waals surface area contributed by atoms with Crippen LogP contribution in [-0.4, -0.2) is 34.7 Å². The predicted octanol–water partition coefficient (Wildman–Crippen LogP) is 2.33. The van der Waals surface area contributed by atoms with E-state index in [1.807, 2.05) is 18.0 Å². The fourth-order valence-corrected chi connectivity index (χ4v) is 2.34. The second kappa shape index (κ2) is 4.72. The molecule has 96 valence electrons. The standard InChI is InChI=1S/C12H19F2N3/c1-8(2)4-9-5-10-6-16(3)7-11(12(13)14)17(10)15-9/h5,8,11-12H,4,6-7H2,1-3H3. The van der Waals surface area contributed by atoms with Crippen molar-refractivity contribution in [2.45, 2.75) is 39.3 Å². The third-order valence-corrected chi connectivity index (χ3v) is 3.02. The van der Waals surface area contributed by atoms with Crippen molar-refractivity contribution in [3.8, 4) is 0 Å². The normalized spacial score (nSPS) is 21.2. The van der Waals surface area contributed by atoms with Crippen LogP contribution in [0.25, 0.3) is 0 Å². The topological polar surface area (TPSA) is 21.1 Å². The lowest BCUT2D eigenvalue weighted by Gasteiger charge is -2.30. The second-order valence-corrected chi connectivity index (χ2v) is 5.27. The minimum atomic E-state index is -2.36. The molecule has 0 saturated carbocycles. The van der Waals surface area contributed by atoms with Crippen LogP contribution in [-0.2, 0) is 13.0 Å². The lowest BCUT2D eigenvalue weighted by atomic mass is 10.1. The summed E-state index contributed by atoms with van der Waals surface area (Å²) in [5, 5.41) is 4.34. The molecule has 1 aromatic rings. The summed E-state index contributed by atoms with van der Waals surface area (Å²) < 4.78 is 27.4. The van der Waals surface area contributed by atoms with E-state index >= 15 is 0 Å². The minimum absolute atomic E-state index is 0.369. The molecule has 0 aromatic carbocycles. The van der Waals surface area contributed by atoms with Gasteiger partial charge in [-0.25, -0.2) is 8.78 Å². The van der Waals surface area contributed by atoms with Gasteiger partial charge in [0.2, 0.25) is 0 Å². The van der Waals surface area contributed by atoms with Crippen molar-refractivity contribution in [1.82, 2.24) is 14.7 Å². The fourth-order valence-electron chi connectivity index (χ4n) is 2.34. The van der Waals surface area contributed by atoms with Gasteiger partial charge < -0.3 is 0 Å². The average Bonchev–Trinajstić information content (AvgIpc) is 2.56. The Bertz CT molecular complexity index is 387. The van der Waals surface area contributed by atoms with Gasteiger partial charge in [0, 0.05) is 13.1 Å². The van der Waals surface area contributed by atoms with E-state index in [9.17, 15) is 8.78 Å². The van der Waals surface area contributed by atoms with E-state index in [0.29, 0.717) is 19.0 Å². The number of fused-ring (bicyclic) bond motifs is 1. The molecule has 0 spiro atoms. The van der Waals surface area contributed by atoms with Gasteiger partial charge in [-0.1, -0.05) is 13.8 Å². The smallest absolute Gasteiger partial charge is 0.261 e. The van der Waals surface area contributed by atoms with Gasteiger partial charge >= 0.3 is 0 Å². The van der Waals surface area contributed by atoms with E-state index < -0.39 is 12.5 Å². The van der Waals surface area contributed by atoms with Gasteiger partial charge in [-0.2, -0.15) is 5.10 Å². The number of aromatic nitrogens is 2. The van der Waals surface area contributed by atoms with Gasteiger partial charge in [0.05, 0.1) is 11.4 Å². The SMILES string of the molecule is CC(C)Cc1cc2n(n1)C(C(F)F)CN(C)C2. The van der Waals surface area contributed by atoms with Crippen molar-refractivity contribution in [2.75, 3.05) is 13.6 Å². The van der Waals surface area contributed by atoms with Crippen molar-refractivity contribution >= 4 is 0 Å². The maximum Gasteiger partial charge on any atom is 0.261 e. The van der Waals surface area contributed by atoms with Crippen LogP contribution in [0.15, 0.2) is 6.07 Å². The molecular formula is C12H19F2N3. The number of hydrogen-bond donors (Lipinski definition) is 0. The Kier molecular flexibility index (Phi) is 3.47. The molecule has 1 atom stereocenters. The summed E-state index contributed by atoms with van der Waals surface area (Å²) in [5.74, 6) is 0.495. The Morgan fingerprint density at radius 1 is 1.47 bits per heavy atom. The highest BCUT2D eigenvalue weighted by molar-refractivity contribution is 5.14. The molecule has 0 saturated heterocycles. The molecule has 0 radical (unpaired) electrons. The molecule has 5 heteroatoms. The van der Waals surface area contributed by atoms with E-state index in [2.05, 4.69) is 18.9 Å². The van der Waals surface area contributed by atoms with E-state index in [4.69, 9.17) is 0 Å². The lowest BCUT2D eigenvalue weighted by molar-refractivity contribution is 0.0404. The number of hydrogen-bond acceptors (Lipinski definition) is 2. The van der Waals surface area contributed by atoms with Crippen LogP contribution in [0.4, 0.5) is 8.78 Å². The van der Waals surface area contributed by atoms with Crippen molar-refractivity contribution in [3.05, 3.63) is 17.5 Å². The van der Waals surface area contributed by atoms with Gasteiger partial charge in [0.15, 0.2) is 0 Å². The molecule has 17 heavy (non-hydrogen) atoms. The minimum Gasteiger partial charge on any atom is -0.298 e. The highest BCUT2D eigenvalue weighted by atomic mass is 19.3. The molecule has 0 N–H and O–H groups in total. The molecular weight excluding hydrogens is 224 g/mol. The first kappa shape index (κ1) is 12.5. The van der Waals surface area contributed by atoms with Gasteiger partial charge in [0.1, 0.15) is 6.04 Å². The first-order valence-corrected chi connectivity index (χ1v) is 6.01. The molecule has 2 heterocycles. The summed E-state index contributed by atoms with van der Waals surface area (Å²) in [6.07, 6.45) is -1.51. The Balaban J connectivity index is 2.27. The molecule has 0 aliphatic carbocycles. The van der Waals surface area contributed by atoms with Crippen LogP contribution >= 0.6 is 0 Å². The van der Waals surface area contributed by atoms with E-state index in [0.717, 1.165) is 17.8 Å². The van der Waals surface area contributed by atoms with Crippen LogP contribution in [0.2, 0.25) is 0 Å². The lowest BCUT2D eigenvalue weighted by Crippen LogP contribution is -2.38. The van der Waals surface area contributed by atoms with Gasteiger partial charge in [-0.3, -0.25) is 9.58 Å². The van der Waals surface area contributed by atoms with Crippen molar-refractivity contribution in [3.63, 3.8) is 0 Å². The highest BCUT2D eigenvalue weighted by Crippen LogP contribution is 2.26. The van der Waals surface area contributed by atoms with E-state index in [-0.39, 0.29) is 0 Å². The van der Waals surface area contributed by atoms with Crippen LogP contribution in [0.3, 0.4) is 0 Å². The average molecular weight is 243 g/mol. The Hall–Kier alpha value is -0.970. The Morgan fingerprint density at radius 2 is 2.18 bits per heavy atom. The van der Waals surface area contributed by atoms with E-state index in [1.165, 1.54) is 4.68 Å². The predicted molar refractivity (Wildman–Crippen MR) is 62.1 cm³/mol. The molecule has 1 aliphatic heterocycles. The quantitative estimate of drug-likeness (QED) is 0.812. The van der Waals surface area contributed by atoms with Gasteiger partial charge in [0.25, 0.3) is 6.43 Å². The molecule has 0 bridgehead atoms.